The maximum atomic E-state index is 6.42. The summed E-state index contributed by atoms with van der Waals surface area (Å²) in [6.45, 7) is 2.05. The van der Waals surface area contributed by atoms with Crippen LogP contribution in [0.5, 0.6) is 0 Å². The highest BCUT2D eigenvalue weighted by Crippen LogP contribution is 2.48. The third kappa shape index (κ3) is 2.33. The highest BCUT2D eigenvalue weighted by molar-refractivity contribution is 5.74. The Labute approximate surface area is 138 Å². The zero-order chi connectivity index (χ0) is 15.8. The van der Waals surface area contributed by atoms with Gasteiger partial charge >= 0.3 is 0 Å². The topological polar surface area (TPSA) is 26.0 Å². The van der Waals surface area contributed by atoms with E-state index in [1.165, 1.54) is 33.4 Å². The summed E-state index contributed by atoms with van der Waals surface area (Å²) in [6.07, 6.45) is 26.2. The van der Waals surface area contributed by atoms with Gasteiger partial charge in [0.15, 0.2) is 0 Å². The summed E-state index contributed by atoms with van der Waals surface area (Å²) < 4.78 is 0. The number of fused-ring (bicyclic) bond motifs is 5. The molecule has 0 radical (unpaired) electrons. The van der Waals surface area contributed by atoms with E-state index < -0.39 is 0 Å². The van der Waals surface area contributed by atoms with E-state index in [4.69, 9.17) is 5.73 Å². The molecule has 23 heavy (non-hydrogen) atoms. The molecule has 1 heteroatoms. The summed E-state index contributed by atoms with van der Waals surface area (Å²) in [7, 11) is 0. The molecule has 2 N–H and O–H groups in total. The van der Waals surface area contributed by atoms with Gasteiger partial charge < -0.3 is 5.73 Å². The van der Waals surface area contributed by atoms with Gasteiger partial charge in [0.05, 0.1) is 0 Å². The van der Waals surface area contributed by atoms with Gasteiger partial charge in [0.25, 0.3) is 0 Å². The Bertz CT molecular complexity index is 829. The van der Waals surface area contributed by atoms with Crippen LogP contribution in [-0.4, -0.2) is 0 Å². The molecule has 4 aliphatic rings. The summed E-state index contributed by atoms with van der Waals surface area (Å²) in [4.78, 5) is 0. The van der Waals surface area contributed by atoms with Crippen LogP contribution < -0.4 is 5.73 Å². The summed E-state index contributed by atoms with van der Waals surface area (Å²) in [5, 5.41) is 0. The van der Waals surface area contributed by atoms with E-state index in [2.05, 4.69) is 73.8 Å². The summed E-state index contributed by atoms with van der Waals surface area (Å²) in [5.74, 6) is 0.420. The molecule has 0 aromatic carbocycles. The highest BCUT2D eigenvalue weighted by Gasteiger charge is 2.31. The molecule has 1 unspecified atom stereocenters. The molecule has 4 rings (SSSR count). The molecule has 0 aromatic heterocycles. The lowest BCUT2D eigenvalue weighted by Gasteiger charge is -2.28. The molecule has 4 aliphatic carbocycles. The predicted molar refractivity (Wildman–Crippen MR) is 97.4 cm³/mol. The molecule has 1 atom stereocenters. The first kappa shape index (κ1) is 14.1. The lowest BCUT2D eigenvalue weighted by Crippen LogP contribution is -2.13. The minimum Gasteiger partial charge on any atom is -0.398 e. The monoisotopic (exact) mass is 299 g/mol. The first-order valence-electron chi connectivity index (χ1n) is 8.29. The molecule has 1 fully saturated rings. The molecule has 1 saturated carbocycles. The van der Waals surface area contributed by atoms with Crippen LogP contribution in [0.15, 0.2) is 106 Å². The molecule has 0 heterocycles. The Balaban J connectivity index is 2.02. The number of hydrogen-bond acceptors (Lipinski definition) is 1. The van der Waals surface area contributed by atoms with Crippen LogP contribution in [0.3, 0.4) is 0 Å². The van der Waals surface area contributed by atoms with Gasteiger partial charge in [0, 0.05) is 17.2 Å². The number of allylic oxidation sites excluding steroid dienone is 16. The van der Waals surface area contributed by atoms with E-state index in [0.717, 1.165) is 18.5 Å². The quantitative estimate of drug-likeness (QED) is 0.727. The molecule has 114 valence electrons. The molecule has 0 aliphatic heterocycles. The lowest BCUT2D eigenvalue weighted by molar-refractivity contribution is 1.05. The van der Waals surface area contributed by atoms with Crippen LogP contribution >= 0.6 is 0 Å². The van der Waals surface area contributed by atoms with Crippen molar-refractivity contribution in [2.45, 2.75) is 19.8 Å². The summed E-state index contributed by atoms with van der Waals surface area (Å²) in [6, 6.07) is 0. The Hall–Kier alpha value is -2.54. The fourth-order valence-corrected chi connectivity index (χ4v) is 3.75. The van der Waals surface area contributed by atoms with Gasteiger partial charge in [-0.1, -0.05) is 66.8 Å². The van der Waals surface area contributed by atoms with Gasteiger partial charge in [-0.2, -0.15) is 0 Å². The number of nitrogens with two attached hydrogens (primary N) is 1. The average Bonchev–Trinajstić information content (AvgIpc) is 2.85. The van der Waals surface area contributed by atoms with Crippen LogP contribution in [0.2, 0.25) is 0 Å². The van der Waals surface area contributed by atoms with E-state index in [-0.39, 0.29) is 0 Å². The Morgan fingerprint density at radius 1 is 1.09 bits per heavy atom. The molecule has 0 aromatic rings. The molecule has 0 saturated heterocycles. The van der Waals surface area contributed by atoms with Crippen molar-refractivity contribution in [2.24, 2.45) is 11.7 Å². The molecule has 1 nitrogen and oxygen atoms in total. The average molecular weight is 299 g/mol. The SMILES string of the molecule is C/C=C\C1=C2C/C(=C\C=C/C/C=C\1N)C1=CC3C=CC=C2C1=C3. The first-order chi connectivity index (χ1) is 11.3. The van der Waals surface area contributed by atoms with E-state index in [1.807, 2.05) is 0 Å². The third-order valence-electron chi connectivity index (χ3n) is 4.81. The van der Waals surface area contributed by atoms with Gasteiger partial charge in [-0.05, 0) is 47.6 Å². The summed E-state index contributed by atoms with van der Waals surface area (Å²) in [5.41, 5.74) is 15.3. The van der Waals surface area contributed by atoms with E-state index in [1.54, 1.807) is 0 Å². The van der Waals surface area contributed by atoms with Crippen molar-refractivity contribution in [3.05, 3.63) is 106 Å². The number of hydrogen-bond donors (Lipinski definition) is 1. The van der Waals surface area contributed by atoms with Crippen LogP contribution in [0, 0.1) is 5.92 Å². The molecule has 0 spiro atoms. The second-order valence-corrected chi connectivity index (χ2v) is 6.29. The van der Waals surface area contributed by atoms with Crippen LogP contribution in [0.4, 0.5) is 0 Å². The maximum Gasteiger partial charge on any atom is 0.0353 e. The highest BCUT2D eigenvalue weighted by atomic mass is 14.6. The Kier molecular flexibility index (Phi) is 3.42. The van der Waals surface area contributed by atoms with E-state index >= 15 is 0 Å². The third-order valence-corrected chi connectivity index (χ3v) is 4.81. The van der Waals surface area contributed by atoms with Crippen molar-refractivity contribution in [2.75, 3.05) is 0 Å². The lowest BCUT2D eigenvalue weighted by atomic mass is 9.76. The first-order valence-corrected chi connectivity index (χ1v) is 8.29. The van der Waals surface area contributed by atoms with Crippen molar-refractivity contribution >= 4 is 0 Å². The fraction of sp³-hybridized carbons (Fsp3) is 0.182. The van der Waals surface area contributed by atoms with Gasteiger partial charge in [0.1, 0.15) is 0 Å². The largest absolute Gasteiger partial charge is 0.398 e. The normalized spacial score (nSPS) is 31.5. The minimum absolute atomic E-state index is 0.420. The second kappa shape index (κ2) is 5.58. The zero-order valence-electron chi connectivity index (χ0n) is 13.4. The molecule has 0 amide bonds. The standard InChI is InChI=1S/C22H21N/c1-2-7-18-21-14-16(9-4-3-5-11-22(18)23)19-12-15-8-6-10-17(21)20(19)13-15/h2-4,6-13,15H,5,14,23H2,1H3/b4-3-,7-2-,16-9+,21-18?,22-11+. The Morgan fingerprint density at radius 2 is 1.96 bits per heavy atom. The van der Waals surface area contributed by atoms with Crippen molar-refractivity contribution in [1.82, 2.24) is 0 Å². The van der Waals surface area contributed by atoms with Crippen molar-refractivity contribution in [3.8, 4) is 0 Å². The van der Waals surface area contributed by atoms with Gasteiger partial charge in [0.2, 0.25) is 0 Å². The van der Waals surface area contributed by atoms with Gasteiger partial charge in [-0.3, -0.25) is 0 Å². The number of rotatable bonds is 1. The smallest absolute Gasteiger partial charge is 0.0353 e. The predicted octanol–water partition coefficient (Wildman–Crippen LogP) is 4.97. The van der Waals surface area contributed by atoms with E-state index in [0.29, 0.717) is 5.92 Å². The van der Waals surface area contributed by atoms with Crippen LogP contribution in [0.1, 0.15) is 19.8 Å². The molecular formula is C22H21N. The van der Waals surface area contributed by atoms with Crippen LogP contribution in [-0.2, 0) is 0 Å². The zero-order valence-corrected chi connectivity index (χ0v) is 13.4. The van der Waals surface area contributed by atoms with E-state index in [9.17, 15) is 0 Å². The molecular weight excluding hydrogens is 278 g/mol. The second-order valence-electron chi connectivity index (χ2n) is 6.29. The van der Waals surface area contributed by atoms with Crippen molar-refractivity contribution in [3.63, 3.8) is 0 Å². The minimum atomic E-state index is 0.420. The van der Waals surface area contributed by atoms with Gasteiger partial charge in [-0.25, -0.2) is 0 Å². The van der Waals surface area contributed by atoms with Crippen molar-refractivity contribution in [1.29, 1.82) is 0 Å². The van der Waals surface area contributed by atoms with Crippen molar-refractivity contribution < 1.29 is 0 Å². The maximum absolute atomic E-state index is 6.42. The molecule has 4 bridgehead atoms. The fourth-order valence-electron chi connectivity index (χ4n) is 3.75. The Morgan fingerprint density at radius 3 is 2.83 bits per heavy atom. The summed E-state index contributed by atoms with van der Waals surface area (Å²) >= 11 is 0. The van der Waals surface area contributed by atoms with Gasteiger partial charge in [-0.15, -0.1) is 0 Å². The van der Waals surface area contributed by atoms with Crippen LogP contribution in [0.25, 0.3) is 0 Å².